The summed E-state index contributed by atoms with van der Waals surface area (Å²) in [6.07, 6.45) is 1.07. The molecule has 0 saturated carbocycles. The van der Waals surface area contributed by atoms with E-state index in [-0.39, 0.29) is 26.6 Å². The second-order valence-electron chi connectivity index (χ2n) is 5.54. The molecule has 0 atom stereocenters. The number of nitrogens with zero attached hydrogens (tertiary/aromatic N) is 2. The molecule has 0 aliphatic carbocycles. The predicted octanol–water partition coefficient (Wildman–Crippen LogP) is 3.84. The number of H-pyrrole nitrogens is 1. The Morgan fingerprint density at radius 2 is 1.93 bits per heavy atom. The number of nitrogens with one attached hydrogen (secondary N) is 1. The zero-order chi connectivity index (χ0) is 20.4. The minimum absolute atomic E-state index is 0.0387. The Balaban J connectivity index is 2.09. The molecule has 0 spiro atoms. The first-order valence-corrected chi connectivity index (χ1v) is 8.47. The molecule has 0 radical (unpaired) electrons. The van der Waals surface area contributed by atoms with Crippen molar-refractivity contribution >= 4 is 41.7 Å². The third-order valence-corrected chi connectivity index (χ3v) is 4.34. The first-order chi connectivity index (χ1) is 13.3. The molecule has 10 heteroatoms. The Hall–Kier alpha value is -3.30. The SMILES string of the molecule is O=C(O)c1cc(N=Cc2c(O)n(-c3ccc(F)cc3)c(=S)[nH]c2=O)ccc1Cl. The largest absolute Gasteiger partial charge is 0.494 e. The van der Waals surface area contributed by atoms with Crippen LogP contribution < -0.4 is 5.56 Å². The van der Waals surface area contributed by atoms with Gasteiger partial charge in [0.05, 0.1) is 22.0 Å². The number of benzene rings is 2. The van der Waals surface area contributed by atoms with Gasteiger partial charge in [-0.2, -0.15) is 0 Å². The van der Waals surface area contributed by atoms with Crippen molar-refractivity contribution in [2.45, 2.75) is 0 Å². The first-order valence-electron chi connectivity index (χ1n) is 7.69. The van der Waals surface area contributed by atoms with E-state index in [0.29, 0.717) is 5.69 Å². The summed E-state index contributed by atoms with van der Waals surface area (Å²) >= 11 is 10.9. The third-order valence-electron chi connectivity index (χ3n) is 3.73. The van der Waals surface area contributed by atoms with Crippen LogP contribution in [0.15, 0.2) is 52.3 Å². The molecule has 0 aliphatic rings. The van der Waals surface area contributed by atoms with Gasteiger partial charge in [-0.3, -0.25) is 19.3 Å². The molecule has 0 aliphatic heterocycles. The Kier molecular flexibility index (Phi) is 5.39. The van der Waals surface area contributed by atoms with Crippen molar-refractivity contribution in [2.24, 2.45) is 4.99 Å². The van der Waals surface area contributed by atoms with E-state index in [2.05, 4.69) is 9.98 Å². The molecule has 0 bridgehead atoms. The van der Waals surface area contributed by atoms with Crippen LogP contribution in [0.25, 0.3) is 5.69 Å². The van der Waals surface area contributed by atoms with Crippen molar-refractivity contribution in [3.63, 3.8) is 0 Å². The fraction of sp³-hybridized carbons (Fsp3) is 0. The Morgan fingerprint density at radius 3 is 2.57 bits per heavy atom. The lowest BCUT2D eigenvalue weighted by Gasteiger charge is -2.11. The van der Waals surface area contributed by atoms with Crippen LogP contribution in [0.2, 0.25) is 5.02 Å². The topological polar surface area (TPSA) is 108 Å². The van der Waals surface area contributed by atoms with Gasteiger partial charge >= 0.3 is 5.97 Å². The highest BCUT2D eigenvalue weighted by atomic mass is 35.5. The highest BCUT2D eigenvalue weighted by Crippen LogP contribution is 2.23. The second kappa shape index (κ2) is 7.75. The van der Waals surface area contributed by atoms with Gasteiger partial charge in [0.25, 0.3) is 5.56 Å². The van der Waals surface area contributed by atoms with E-state index in [0.717, 1.165) is 10.8 Å². The molecule has 3 aromatic rings. The van der Waals surface area contributed by atoms with Crippen LogP contribution in [-0.2, 0) is 0 Å². The minimum atomic E-state index is -1.23. The maximum atomic E-state index is 13.1. The lowest BCUT2D eigenvalue weighted by atomic mass is 10.2. The predicted molar refractivity (Wildman–Crippen MR) is 105 cm³/mol. The van der Waals surface area contributed by atoms with Gasteiger partial charge in [0.1, 0.15) is 11.4 Å². The number of aromatic hydroxyl groups is 1. The summed E-state index contributed by atoms with van der Waals surface area (Å²) < 4.78 is 14.2. The van der Waals surface area contributed by atoms with E-state index >= 15 is 0 Å². The van der Waals surface area contributed by atoms with Crippen molar-refractivity contribution in [3.05, 3.63) is 79.6 Å². The molecule has 1 heterocycles. The number of carboxylic acid groups (broad SMARTS) is 1. The fourth-order valence-electron chi connectivity index (χ4n) is 2.38. The van der Waals surface area contributed by atoms with Gasteiger partial charge in [0.15, 0.2) is 4.77 Å². The molecular weight excluding hydrogens is 409 g/mol. The summed E-state index contributed by atoms with van der Waals surface area (Å²) in [6, 6.07) is 9.14. The first kappa shape index (κ1) is 19.5. The van der Waals surface area contributed by atoms with Gasteiger partial charge in [0, 0.05) is 6.21 Å². The number of hydrogen-bond acceptors (Lipinski definition) is 5. The van der Waals surface area contributed by atoms with Gasteiger partial charge in [0.2, 0.25) is 5.88 Å². The van der Waals surface area contributed by atoms with E-state index < -0.39 is 23.2 Å². The zero-order valence-electron chi connectivity index (χ0n) is 13.9. The molecule has 3 N–H and O–H groups in total. The normalized spacial score (nSPS) is 11.1. The molecule has 7 nitrogen and oxygen atoms in total. The zero-order valence-corrected chi connectivity index (χ0v) is 15.5. The number of carboxylic acids is 1. The van der Waals surface area contributed by atoms with Crippen molar-refractivity contribution in [1.82, 2.24) is 9.55 Å². The second-order valence-corrected chi connectivity index (χ2v) is 6.33. The third kappa shape index (κ3) is 3.85. The lowest BCUT2D eigenvalue weighted by molar-refractivity contribution is 0.0697. The van der Waals surface area contributed by atoms with E-state index in [1.165, 1.54) is 42.5 Å². The number of halogens is 2. The van der Waals surface area contributed by atoms with Gasteiger partial charge in [-0.05, 0) is 54.7 Å². The summed E-state index contributed by atoms with van der Waals surface area (Å²) in [5, 5.41) is 19.7. The monoisotopic (exact) mass is 419 g/mol. The average molecular weight is 420 g/mol. The smallest absolute Gasteiger partial charge is 0.337 e. The summed E-state index contributed by atoms with van der Waals surface area (Å²) in [5.74, 6) is -2.21. The number of aromatic nitrogens is 2. The Bertz CT molecular complexity index is 1220. The molecule has 0 fully saturated rings. The van der Waals surface area contributed by atoms with Gasteiger partial charge in [-0.25, -0.2) is 9.18 Å². The number of aromatic carboxylic acids is 1. The van der Waals surface area contributed by atoms with Crippen LogP contribution in [0.3, 0.4) is 0 Å². The van der Waals surface area contributed by atoms with Crippen LogP contribution in [0.1, 0.15) is 15.9 Å². The van der Waals surface area contributed by atoms with Crippen molar-refractivity contribution in [1.29, 1.82) is 0 Å². The molecule has 142 valence electrons. The summed E-state index contributed by atoms with van der Waals surface area (Å²) in [5.41, 5.74) is -0.538. The van der Waals surface area contributed by atoms with Crippen LogP contribution in [0, 0.1) is 10.6 Å². The number of rotatable bonds is 4. The molecule has 28 heavy (non-hydrogen) atoms. The standard InChI is InChI=1S/C18H11ClFN3O4S/c19-14-6-3-10(7-12(14)17(26)27)21-8-13-15(24)22-18(28)23(16(13)25)11-4-1-9(20)2-5-11/h1-8,25H,(H,26,27)(H,22,24,28). The molecule has 0 saturated heterocycles. The maximum absolute atomic E-state index is 13.1. The Morgan fingerprint density at radius 1 is 1.25 bits per heavy atom. The number of aromatic amines is 1. The molecule has 0 amide bonds. The maximum Gasteiger partial charge on any atom is 0.337 e. The van der Waals surface area contributed by atoms with E-state index in [4.69, 9.17) is 28.9 Å². The van der Waals surface area contributed by atoms with Crippen LogP contribution in [0.4, 0.5) is 10.1 Å². The van der Waals surface area contributed by atoms with Gasteiger partial charge in [-0.1, -0.05) is 11.6 Å². The van der Waals surface area contributed by atoms with Crippen LogP contribution >= 0.6 is 23.8 Å². The van der Waals surface area contributed by atoms with E-state index in [1.807, 2.05) is 0 Å². The number of carbonyl (C=O) groups is 1. The van der Waals surface area contributed by atoms with Crippen LogP contribution in [-0.4, -0.2) is 31.9 Å². The van der Waals surface area contributed by atoms with E-state index in [9.17, 15) is 19.1 Å². The van der Waals surface area contributed by atoms with Gasteiger partial charge in [-0.15, -0.1) is 0 Å². The van der Waals surface area contributed by atoms with Crippen molar-refractivity contribution in [3.8, 4) is 11.6 Å². The number of aliphatic imine (C=N–C) groups is 1. The molecule has 3 rings (SSSR count). The lowest BCUT2D eigenvalue weighted by Crippen LogP contribution is -2.18. The highest BCUT2D eigenvalue weighted by Gasteiger charge is 2.13. The highest BCUT2D eigenvalue weighted by molar-refractivity contribution is 7.71. The minimum Gasteiger partial charge on any atom is -0.494 e. The molecule has 2 aromatic carbocycles. The fourth-order valence-corrected chi connectivity index (χ4v) is 2.86. The van der Waals surface area contributed by atoms with Crippen LogP contribution in [0.5, 0.6) is 5.88 Å². The molecular formula is C18H11ClFN3O4S. The van der Waals surface area contributed by atoms with Crippen molar-refractivity contribution in [2.75, 3.05) is 0 Å². The quantitative estimate of drug-likeness (QED) is 0.440. The van der Waals surface area contributed by atoms with E-state index in [1.54, 1.807) is 0 Å². The molecule has 0 unspecified atom stereocenters. The average Bonchev–Trinajstić information content (AvgIpc) is 2.63. The van der Waals surface area contributed by atoms with Crippen molar-refractivity contribution < 1.29 is 19.4 Å². The summed E-state index contributed by atoms with van der Waals surface area (Å²) in [6.45, 7) is 0. The Labute approximate surface area is 167 Å². The number of hydrogen-bond donors (Lipinski definition) is 3. The van der Waals surface area contributed by atoms with Gasteiger partial charge < -0.3 is 10.2 Å². The molecule has 1 aromatic heterocycles. The summed E-state index contributed by atoms with van der Waals surface area (Å²) in [7, 11) is 0. The summed E-state index contributed by atoms with van der Waals surface area (Å²) in [4.78, 5) is 29.8.